The number of hydrogen-bond donors (Lipinski definition) is 1. The summed E-state index contributed by atoms with van der Waals surface area (Å²) < 4.78 is 18.0. The van der Waals surface area contributed by atoms with E-state index in [0.29, 0.717) is 5.56 Å². The molecule has 72 valence electrons. The molecule has 2 nitrogen and oxygen atoms in total. The van der Waals surface area contributed by atoms with E-state index in [2.05, 4.69) is 0 Å². The molecule has 0 aliphatic rings. The van der Waals surface area contributed by atoms with Crippen molar-refractivity contribution in [3.8, 4) is 5.75 Å². The van der Waals surface area contributed by atoms with E-state index >= 15 is 0 Å². The van der Waals surface area contributed by atoms with E-state index in [1.807, 2.05) is 6.92 Å². The van der Waals surface area contributed by atoms with Gasteiger partial charge in [-0.3, -0.25) is 0 Å². The van der Waals surface area contributed by atoms with Gasteiger partial charge >= 0.3 is 0 Å². The summed E-state index contributed by atoms with van der Waals surface area (Å²) in [6.07, 6.45) is -1.30. The van der Waals surface area contributed by atoms with Crippen LogP contribution in [0.25, 0.3) is 0 Å². The molecule has 0 heterocycles. The lowest BCUT2D eigenvalue weighted by Gasteiger charge is -2.08. The first kappa shape index (κ1) is 9.99. The van der Waals surface area contributed by atoms with E-state index in [-0.39, 0.29) is 0 Å². The summed E-state index contributed by atoms with van der Waals surface area (Å²) in [7, 11) is 1.57. The van der Waals surface area contributed by atoms with Crippen LogP contribution in [0.1, 0.15) is 17.3 Å². The maximum absolute atomic E-state index is 13.0. The number of methoxy groups -OCH3 is 1. The van der Waals surface area contributed by atoms with Crippen molar-refractivity contribution in [2.75, 3.05) is 13.7 Å². The molecule has 0 amide bonds. The van der Waals surface area contributed by atoms with Gasteiger partial charge in [-0.2, -0.15) is 0 Å². The van der Waals surface area contributed by atoms with E-state index in [0.717, 1.165) is 11.3 Å². The van der Waals surface area contributed by atoms with E-state index in [4.69, 9.17) is 9.84 Å². The van der Waals surface area contributed by atoms with Gasteiger partial charge < -0.3 is 9.84 Å². The highest BCUT2D eigenvalue weighted by atomic mass is 19.1. The van der Waals surface area contributed by atoms with Gasteiger partial charge in [-0.25, -0.2) is 4.39 Å². The summed E-state index contributed by atoms with van der Waals surface area (Å²) >= 11 is 0. The van der Waals surface area contributed by atoms with Gasteiger partial charge in [0.15, 0.2) is 0 Å². The molecule has 0 saturated carbocycles. The number of halogens is 1. The molecule has 0 bridgehead atoms. The van der Waals surface area contributed by atoms with Crippen molar-refractivity contribution in [2.24, 2.45) is 0 Å². The molecule has 13 heavy (non-hydrogen) atoms. The first-order valence-corrected chi connectivity index (χ1v) is 4.08. The van der Waals surface area contributed by atoms with Gasteiger partial charge in [-0.1, -0.05) is 6.07 Å². The Balaban J connectivity index is 2.95. The average molecular weight is 184 g/mol. The lowest BCUT2D eigenvalue weighted by Crippen LogP contribution is -1.98. The first-order chi connectivity index (χ1) is 6.19. The van der Waals surface area contributed by atoms with Gasteiger partial charge in [0.25, 0.3) is 0 Å². The largest absolute Gasteiger partial charge is 0.496 e. The minimum absolute atomic E-state index is 0.480. The Morgan fingerprint density at radius 3 is 2.69 bits per heavy atom. The smallest absolute Gasteiger partial charge is 0.148 e. The molecule has 1 N–H and O–H groups in total. The Hall–Kier alpha value is -1.09. The fourth-order valence-electron chi connectivity index (χ4n) is 1.20. The normalized spacial score (nSPS) is 12.6. The van der Waals surface area contributed by atoms with Gasteiger partial charge in [0, 0.05) is 0 Å². The third-order valence-electron chi connectivity index (χ3n) is 1.94. The van der Waals surface area contributed by atoms with E-state index in [1.165, 1.54) is 0 Å². The minimum atomic E-state index is -1.30. The second-order valence-corrected chi connectivity index (χ2v) is 2.88. The van der Waals surface area contributed by atoms with Crippen molar-refractivity contribution in [2.45, 2.75) is 13.1 Å². The van der Waals surface area contributed by atoms with Gasteiger partial charge in [-0.15, -0.1) is 0 Å². The summed E-state index contributed by atoms with van der Waals surface area (Å²) in [4.78, 5) is 0. The monoisotopic (exact) mass is 184 g/mol. The van der Waals surface area contributed by atoms with E-state index in [9.17, 15) is 4.39 Å². The molecule has 1 rings (SSSR count). The lowest BCUT2D eigenvalue weighted by atomic mass is 10.1. The predicted molar refractivity (Wildman–Crippen MR) is 48.7 cm³/mol. The van der Waals surface area contributed by atoms with Crippen LogP contribution in [0.5, 0.6) is 5.75 Å². The summed E-state index contributed by atoms with van der Waals surface area (Å²) in [5.41, 5.74) is 1.36. The Kier molecular flexibility index (Phi) is 3.25. The van der Waals surface area contributed by atoms with Gasteiger partial charge in [0.05, 0.1) is 13.7 Å². The Bertz CT molecular complexity index is 286. The number of aryl methyl sites for hydroxylation is 1. The molecular formula is C10H13FO2. The highest BCUT2D eigenvalue weighted by molar-refractivity contribution is 5.36. The molecule has 0 fully saturated rings. The molecule has 1 unspecified atom stereocenters. The van der Waals surface area contributed by atoms with Crippen LogP contribution in [0.4, 0.5) is 4.39 Å². The maximum Gasteiger partial charge on any atom is 0.148 e. The number of benzene rings is 1. The van der Waals surface area contributed by atoms with E-state index in [1.54, 1.807) is 25.3 Å². The second kappa shape index (κ2) is 4.23. The highest BCUT2D eigenvalue weighted by Crippen LogP contribution is 2.23. The van der Waals surface area contributed by atoms with Crippen LogP contribution in [0.3, 0.4) is 0 Å². The molecule has 1 aromatic carbocycles. The van der Waals surface area contributed by atoms with Crippen LogP contribution < -0.4 is 4.74 Å². The van der Waals surface area contributed by atoms with Crippen molar-refractivity contribution >= 4 is 0 Å². The van der Waals surface area contributed by atoms with Crippen LogP contribution in [-0.4, -0.2) is 18.8 Å². The number of hydrogen-bond acceptors (Lipinski definition) is 2. The molecule has 1 atom stereocenters. The first-order valence-electron chi connectivity index (χ1n) is 4.08. The lowest BCUT2D eigenvalue weighted by molar-refractivity contribution is 0.180. The summed E-state index contributed by atoms with van der Waals surface area (Å²) in [6.45, 7) is 1.36. The van der Waals surface area contributed by atoms with Crippen molar-refractivity contribution in [3.05, 3.63) is 29.3 Å². The third-order valence-corrected chi connectivity index (χ3v) is 1.94. The van der Waals surface area contributed by atoms with Gasteiger partial charge in [0.1, 0.15) is 11.9 Å². The zero-order valence-electron chi connectivity index (χ0n) is 7.75. The summed E-state index contributed by atoms with van der Waals surface area (Å²) in [5.74, 6) is 0.730. The van der Waals surface area contributed by atoms with Crippen molar-refractivity contribution in [1.29, 1.82) is 0 Å². The van der Waals surface area contributed by atoms with Crippen LogP contribution in [-0.2, 0) is 0 Å². The number of rotatable bonds is 3. The Labute approximate surface area is 77.0 Å². The Morgan fingerprint density at radius 1 is 1.54 bits per heavy atom. The SMILES string of the molecule is COc1ccc(C(F)CO)cc1C. The summed E-state index contributed by atoms with van der Waals surface area (Å²) in [6, 6.07) is 5.00. The molecule has 1 aromatic rings. The van der Waals surface area contributed by atoms with Crippen LogP contribution >= 0.6 is 0 Å². The molecule has 0 spiro atoms. The molecule has 0 aromatic heterocycles. The zero-order valence-corrected chi connectivity index (χ0v) is 7.75. The quantitative estimate of drug-likeness (QED) is 0.778. The molecule has 0 saturated heterocycles. The van der Waals surface area contributed by atoms with Gasteiger partial charge in [0.2, 0.25) is 0 Å². The number of ether oxygens (including phenoxy) is 1. The van der Waals surface area contributed by atoms with Crippen molar-refractivity contribution in [3.63, 3.8) is 0 Å². The molecule has 0 radical (unpaired) electrons. The summed E-state index contributed by atoms with van der Waals surface area (Å²) in [5, 5.41) is 8.60. The number of aliphatic hydroxyl groups is 1. The molecular weight excluding hydrogens is 171 g/mol. The number of aliphatic hydroxyl groups excluding tert-OH is 1. The predicted octanol–water partition coefficient (Wildman–Crippen LogP) is 2.01. The van der Waals surface area contributed by atoms with Crippen molar-refractivity contribution in [1.82, 2.24) is 0 Å². The average Bonchev–Trinajstić information content (AvgIpc) is 2.16. The standard InChI is InChI=1S/C10H13FO2/c1-7-5-8(9(11)6-12)3-4-10(7)13-2/h3-5,9,12H,6H2,1-2H3. The van der Waals surface area contributed by atoms with Crippen LogP contribution in [0.15, 0.2) is 18.2 Å². The van der Waals surface area contributed by atoms with E-state index < -0.39 is 12.8 Å². The topological polar surface area (TPSA) is 29.5 Å². The fourth-order valence-corrected chi connectivity index (χ4v) is 1.20. The second-order valence-electron chi connectivity index (χ2n) is 2.88. The van der Waals surface area contributed by atoms with Crippen molar-refractivity contribution < 1.29 is 14.2 Å². The molecule has 0 aliphatic heterocycles. The fraction of sp³-hybridized carbons (Fsp3) is 0.400. The molecule has 0 aliphatic carbocycles. The van der Waals surface area contributed by atoms with Crippen LogP contribution in [0, 0.1) is 6.92 Å². The number of alkyl halides is 1. The molecule has 3 heteroatoms. The highest BCUT2D eigenvalue weighted by Gasteiger charge is 2.09. The maximum atomic E-state index is 13.0. The Morgan fingerprint density at radius 2 is 2.23 bits per heavy atom. The van der Waals surface area contributed by atoms with Crippen LogP contribution in [0.2, 0.25) is 0 Å². The zero-order chi connectivity index (χ0) is 9.84. The van der Waals surface area contributed by atoms with Gasteiger partial charge in [-0.05, 0) is 30.2 Å². The minimum Gasteiger partial charge on any atom is -0.496 e. The third kappa shape index (κ3) is 2.18.